The van der Waals surface area contributed by atoms with E-state index in [-0.39, 0.29) is 17.7 Å². The van der Waals surface area contributed by atoms with Gasteiger partial charge in [-0.15, -0.1) is 0 Å². The molecule has 1 saturated heterocycles. The van der Waals surface area contributed by atoms with E-state index in [0.29, 0.717) is 39.0 Å². The van der Waals surface area contributed by atoms with E-state index < -0.39 is 0 Å². The molecule has 0 saturated carbocycles. The van der Waals surface area contributed by atoms with Gasteiger partial charge in [-0.1, -0.05) is 0 Å². The highest BCUT2D eigenvalue weighted by Gasteiger charge is 2.28. The Morgan fingerprint density at radius 1 is 1.24 bits per heavy atom. The number of carbonyl (C=O) groups excluding carboxylic acids is 2. The topological polar surface area (TPSA) is 95.7 Å². The molecular weight excluding hydrogens is 320 g/mol. The molecule has 1 aromatic rings. The highest BCUT2D eigenvalue weighted by Crippen LogP contribution is 2.24. The Hall–Kier alpha value is -2.22. The zero-order chi connectivity index (χ0) is 18.0. The summed E-state index contributed by atoms with van der Waals surface area (Å²) in [6, 6.07) is 0. The average Bonchev–Trinajstić information content (AvgIpc) is 2.61. The van der Waals surface area contributed by atoms with E-state index in [1.54, 1.807) is 6.33 Å². The Balaban J connectivity index is 1.60. The fourth-order valence-corrected chi connectivity index (χ4v) is 3.61. The van der Waals surface area contributed by atoms with Crippen LogP contribution in [0.4, 0.5) is 5.82 Å². The van der Waals surface area contributed by atoms with Crippen molar-refractivity contribution in [3.8, 4) is 0 Å². The quantitative estimate of drug-likeness (QED) is 0.799. The molecule has 3 heterocycles. The van der Waals surface area contributed by atoms with E-state index in [2.05, 4.69) is 14.9 Å². The van der Waals surface area contributed by atoms with Crippen LogP contribution in [0.3, 0.4) is 0 Å². The van der Waals surface area contributed by atoms with Crippen molar-refractivity contribution in [2.24, 2.45) is 11.7 Å². The van der Waals surface area contributed by atoms with Crippen molar-refractivity contribution < 1.29 is 9.59 Å². The lowest BCUT2D eigenvalue weighted by Crippen LogP contribution is -2.46. The first-order valence-electron chi connectivity index (χ1n) is 8.75. The average molecular weight is 346 g/mol. The molecule has 2 amide bonds. The number of carbonyl (C=O) groups is 2. The number of piperidine rings is 1. The van der Waals surface area contributed by atoms with E-state index in [0.717, 1.165) is 30.0 Å². The summed E-state index contributed by atoms with van der Waals surface area (Å²) in [5, 5.41) is 0. The second-order valence-corrected chi connectivity index (χ2v) is 7.04. The van der Waals surface area contributed by atoms with Crippen LogP contribution in [0.2, 0.25) is 0 Å². The summed E-state index contributed by atoms with van der Waals surface area (Å²) < 4.78 is 0. The number of likely N-dealkylation sites (tertiary alicyclic amines) is 1. The van der Waals surface area contributed by atoms with Gasteiger partial charge < -0.3 is 15.5 Å². The number of aromatic nitrogens is 2. The van der Waals surface area contributed by atoms with Crippen molar-refractivity contribution in [2.45, 2.75) is 25.8 Å². The third-order valence-electron chi connectivity index (χ3n) is 5.09. The standard InChI is InChI=1S/C17H26N6O2/c1-21(2)17-13-9-22(6-5-14(13)19-11-20-17)10-15(24)23-7-3-12(4-8-23)16(18)25/h11-12H,3-10H2,1-2H3,(H2,18,25). The zero-order valence-electron chi connectivity index (χ0n) is 14.9. The number of fused-ring (bicyclic) bond motifs is 1. The number of nitrogens with two attached hydrogens (primary N) is 1. The van der Waals surface area contributed by atoms with Gasteiger partial charge in [-0.2, -0.15) is 0 Å². The highest BCUT2D eigenvalue weighted by atomic mass is 16.2. The van der Waals surface area contributed by atoms with E-state index in [9.17, 15) is 9.59 Å². The molecule has 0 radical (unpaired) electrons. The van der Waals surface area contributed by atoms with Gasteiger partial charge in [0, 0.05) is 58.2 Å². The molecule has 3 rings (SSSR count). The van der Waals surface area contributed by atoms with Gasteiger partial charge in [-0.05, 0) is 12.8 Å². The van der Waals surface area contributed by atoms with E-state index in [1.165, 1.54) is 0 Å². The van der Waals surface area contributed by atoms with Gasteiger partial charge in [0.2, 0.25) is 11.8 Å². The summed E-state index contributed by atoms with van der Waals surface area (Å²) in [7, 11) is 3.94. The molecule has 0 aliphatic carbocycles. The number of primary amides is 1. The fourth-order valence-electron chi connectivity index (χ4n) is 3.61. The van der Waals surface area contributed by atoms with Crippen LogP contribution in [0, 0.1) is 5.92 Å². The zero-order valence-corrected chi connectivity index (χ0v) is 14.9. The van der Waals surface area contributed by atoms with Crippen LogP contribution in [-0.4, -0.2) is 71.9 Å². The van der Waals surface area contributed by atoms with Crippen LogP contribution in [0.15, 0.2) is 6.33 Å². The molecule has 0 bridgehead atoms. The fraction of sp³-hybridized carbons (Fsp3) is 0.647. The predicted molar refractivity (Wildman–Crippen MR) is 93.8 cm³/mol. The number of rotatable bonds is 4. The maximum atomic E-state index is 12.6. The molecule has 1 fully saturated rings. The lowest BCUT2D eigenvalue weighted by atomic mass is 9.96. The molecule has 136 valence electrons. The Morgan fingerprint density at radius 2 is 1.96 bits per heavy atom. The van der Waals surface area contributed by atoms with Crippen LogP contribution in [0.1, 0.15) is 24.1 Å². The first kappa shape index (κ1) is 17.6. The minimum absolute atomic E-state index is 0.0919. The SMILES string of the molecule is CN(C)c1ncnc2c1CN(CC(=O)N1CCC(C(N)=O)CC1)CC2. The van der Waals surface area contributed by atoms with E-state index >= 15 is 0 Å². The maximum absolute atomic E-state index is 12.6. The van der Waals surface area contributed by atoms with Crippen LogP contribution < -0.4 is 10.6 Å². The van der Waals surface area contributed by atoms with Gasteiger partial charge >= 0.3 is 0 Å². The molecule has 25 heavy (non-hydrogen) atoms. The molecular formula is C17H26N6O2. The maximum Gasteiger partial charge on any atom is 0.236 e. The molecule has 1 aromatic heterocycles. The molecule has 0 aromatic carbocycles. The summed E-state index contributed by atoms with van der Waals surface area (Å²) >= 11 is 0. The summed E-state index contributed by atoms with van der Waals surface area (Å²) in [5.41, 5.74) is 7.54. The van der Waals surface area contributed by atoms with Crippen LogP contribution >= 0.6 is 0 Å². The molecule has 8 heteroatoms. The van der Waals surface area contributed by atoms with Gasteiger partial charge in [0.15, 0.2) is 0 Å². The Labute approximate surface area is 148 Å². The second kappa shape index (κ2) is 7.35. The molecule has 2 aliphatic rings. The molecule has 0 spiro atoms. The lowest BCUT2D eigenvalue weighted by molar-refractivity contribution is -0.136. The Morgan fingerprint density at radius 3 is 2.60 bits per heavy atom. The molecule has 2 aliphatic heterocycles. The molecule has 8 nitrogen and oxygen atoms in total. The summed E-state index contributed by atoms with van der Waals surface area (Å²) in [5.74, 6) is 0.695. The van der Waals surface area contributed by atoms with E-state index in [4.69, 9.17) is 5.73 Å². The molecule has 2 N–H and O–H groups in total. The van der Waals surface area contributed by atoms with Crippen LogP contribution in [0.5, 0.6) is 0 Å². The lowest BCUT2D eigenvalue weighted by Gasteiger charge is -2.34. The van der Waals surface area contributed by atoms with Crippen molar-refractivity contribution in [1.82, 2.24) is 19.8 Å². The van der Waals surface area contributed by atoms with Gasteiger partial charge in [0.05, 0.1) is 12.2 Å². The number of anilines is 1. The highest BCUT2D eigenvalue weighted by molar-refractivity contribution is 5.80. The smallest absolute Gasteiger partial charge is 0.236 e. The largest absolute Gasteiger partial charge is 0.369 e. The van der Waals surface area contributed by atoms with Crippen molar-refractivity contribution >= 4 is 17.6 Å². The van der Waals surface area contributed by atoms with Gasteiger partial charge in [0.25, 0.3) is 0 Å². The van der Waals surface area contributed by atoms with Crippen molar-refractivity contribution in [2.75, 3.05) is 45.2 Å². The minimum Gasteiger partial charge on any atom is -0.369 e. The first-order chi connectivity index (χ1) is 12.0. The molecule has 0 unspecified atom stereocenters. The number of nitrogens with zero attached hydrogens (tertiary/aromatic N) is 5. The van der Waals surface area contributed by atoms with Gasteiger partial charge in [-0.25, -0.2) is 9.97 Å². The van der Waals surface area contributed by atoms with Crippen molar-refractivity contribution in [3.63, 3.8) is 0 Å². The predicted octanol–water partition coefficient (Wildman–Crippen LogP) is -0.375. The van der Waals surface area contributed by atoms with Gasteiger partial charge in [0.1, 0.15) is 12.1 Å². The molecule has 0 atom stereocenters. The number of hydrogen-bond acceptors (Lipinski definition) is 6. The first-order valence-corrected chi connectivity index (χ1v) is 8.75. The number of amides is 2. The van der Waals surface area contributed by atoms with Crippen molar-refractivity contribution in [3.05, 3.63) is 17.6 Å². The van der Waals surface area contributed by atoms with Crippen LogP contribution in [0.25, 0.3) is 0 Å². The Bertz CT molecular complexity index is 655. The van der Waals surface area contributed by atoms with E-state index in [1.807, 2.05) is 23.9 Å². The summed E-state index contributed by atoms with van der Waals surface area (Å²) in [4.78, 5) is 38.6. The second-order valence-electron chi connectivity index (χ2n) is 7.04. The summed E-state index contributed by atoms with van der Waals surface area (Å²) in [6.45, 7) is 3.13. The third kappa shape index (κ3) is 3.89. The monoisotopic (exact) mass is 346 g/mol. The normalized spacial score (nSPS) is 18.7. The van der Waals surface area contributed by atoms with Gasteiger partial charge in [-0.3, -0.25) is 14.5 Å². The minimum atomic E-state index is -0.254. The van der Waals surface area contributed by atoms with Crippen LogP contribution in [-0.2, 0) is 22.6 Å². The Kier molecular flexibility index (Phi) is 5.17. The van der Waals surface area contributed by atoms with Crippen molar-refractivity contribution in [1.29, 1.82) is 0 Å². The third-order valence-corrected chi connectivity index (χ3v) is 5.09. The summed E-state index contributed by atoms with van der Waals surface area (Å²) in [6.07, 6.45) is 3.78. The number of hydrogen-bond donors (Lipinski definition) is 1.